The summed E-state index contributed by atoms with van der Waals surface area (Å²) < 4.78 is 23.2. The van der Waals surface area contributed by atoms with Gasteiger partial charge in [0.15, 0.2) is 23.7 Å². The molecule has 0 saturated carbocycles. The van der Waals surface area contributed by atoms with Crippen LogP contribution in [0, 0.1) is 0 Å². The smallest absolute Gasteiger partial charge is 0.407 e. The maximum atomic E-state index is 13.1. The van der Waals surface area contributed by atoms with Crippen LogP contribution in [0.25, 0.3) is 0 Å². The van der Waals surface area contributed by atoms with E-state index in [1.165, 1.54) is 6.92 Å². The number of carboxylic acid groups (broad SMARTS) is 1. The first-order valence-corrected chi connectivity index (χ1v) is 14.7. The lowest BCUT2D eigenvalue weighted by molar-refractivity contribution is -0.175. The minimum absolute atomic E-state index is 0.0659. The van der Waals surface area contributed by atoms with Crippen LogP contribution in [0.3, 0.4) is 0 Å². The van der Waals surface area contributed by atoms with Gasteiger partial charge in [-0.05, 0) is 63.9 Å². The third kappa shape index (κ3) is 4.43. The van der Waals surface area contributed by atoms with Gasteiger partial charge in [-0.2, -0.15) is 0 Å². The largest absolute Gasteiger partial charge is 0.493 e. The summed E-state index contributed by atoms with van der Waals surface area (Å²) in [6.45, 7) is 2.35. The molecular formula is C30H37N3O10. The molecule has 5 aliphatic rings. The number of carbonyl (C=O) groups is 4. The van der Waals surface area contributed by atoms with Gasteiger partial charge in [0.2, 0.25) is 5.91 Å². The number of hydrogen-bond donors (Lipinski definition) is 3. The Morgan fingerprint density at radius 3 is 2.77 bits per heavy atom. The van der Waals surface area contributed by atoms with Crippen LogP contribution in [0.1, 0.15) is 50.2 Å². The molecule has 6 atom stereocenters. The average Bonchev–Trinajstić information content (AvgIpc) is 3.60. The topological polar surface area (TPSA) is 164 Å². The lowest BCUT2D eigenvalue weighted by atomic mass is 9.50. The van der Waals surface area contributed by atoms with Gasteiger partial charge in [-0.1, -0.05) is 6.07 Å². The quantitative estimate of drug-likeness (QED) is 0.367. The van der Waals surface area contributed by atoms with E-state index in [1.807, 2.05) is 19.2 Å². The summed E-state index contributed by atoms with van der Waals surface area (Å²) in [6.07, 6.45) is 0.831. The van der Waals surface area contributed by atoms with E-state index >= 15 is 0 Å². The number of benzene rings is 1. The molecule has 0 aromatic heterocycles. The number of rotatable bonds is 8. The summed E-state index contributed by atoms with van der Waals surface area (Å²) in [5.41, 5.74) is 0.00826. The third-order valence-corrected chi connectivity index (χ3v) is 9.85. The number of amides is 2. The lowest BCUT2D eigenvalue weighted by Crippen LogP contribution is -2.74. The Morgan fingerprint density at radius 2 is 2.02 bits per heavy atom. The summed E-state index contributed by atoms with van der Waals surface area (Å²) in [7, 11) is 3.57. The summed E-state index contributed by atoms with van der Waals surface area (Å²) in [5, 5.41) is 24.1. The van der Waals surface area contributed by atoms with E-state index in [4.69, 9.17) is 18.9 Å². The number of methoxy groups -OCH3 is 1. The predicted octanol–water partition coefficient (Wildman–Crippen LogP) is 1.10. The molecule has 13 nitrogen and oxygen atoms in total. The van der Waals surface area contributed by atoms with Crippen molar-refractivity contribution >= 4 is 23.9 Å². The highest BCUT2D eigenvalue weighted by atomic mass is 16.6. The average molecular weight is 600 g/mol. The summed E-state index contributed by atoms with van der Waals surface area (Å²) in [4.78, 5) is 52.5. The number of esters is 2. The molecule has 232 valence electrons. The molecule has 1 aromatic carbocycles. The van der Waals surface area contributed by atoms with E-state index in [0.29, 0.717) is 37.2 Å². The molecule has 1 spiro atoms. The number of likely N-dealkylation sites (N-methyl/N-ethyl adjacent to an activating group) is 1. The number of nitrogens with zero attached hydrogens (tertiary/aromatic N) is 2. The highest BCUT2D eigenvalue weighted by Crippen LogP contribution is 2.65. The molecule has 3 aliphatic heterocycles. The number of ether oxygens (including phenoxy) is 4. The number of piperidine rings is 1. The zero-order valence-electron chi connectivity index (χ0n) is 24.5. The van der Waals surface area contributed by atoms with Gasteiger partial charge in [-0.3, -0.25) is 14.5 Å². The maximum Gasteiger partial charge on any atom is 0.407 e. The van der Waals surface area contributed by atoms with Crippen LogP contribution >= 0.6 is 0 Å². The van der Waals surface area contributed by atoms with Gasteiger partial charge in [0.25, 0.3) is 0 Å². The van der Waals surface area contributed by atoms with Crippen molar-refractivity contribution in [1.82, 2.24) is 15.1 Å². The molecule has 2 fully saturated rings. The molecule has 2 bridgehead atoms. The first-order chi connectivity index (χ1) is 20.5. The molecular weight excluding hydrogens is 562 g/mol. The predicted molar refractivity (Wildman–Crippen MR) is 149 cm³/mol. The van der Waals surface area contributed by atoms with Crippen molar-refractivity contribution in [2.45, 2.75) is 80.8 Å². The monoisotopic (exact) mass is 599 g/mol. The van der Waals surface area contributed by atoms with E-state index < -0.39 is 53.2 Å². The summed E-state index contributed by atoms with van der Waals surface area (Å²) >= 11 is 0. The molecule has 6 rings (SSSR count). The third-order valence-electron chi connectivity index (χ3n) is 9.85. The van der Waals surface area contributed by atoms with Crippen LogP contribution in [0.2, 0.25) is 0 Å². The second-order valence-corrected chi connectivity index (χ2v) is 12.0. The first kappa shape index (κ1) is 29.2. The molecule has 3 N–H and O–H groups in total. The molecule has 2 aliphatic carbocycles. The van der Waals surface area contributed by atoms with Crippen LogP contribution in [0.15, 0.2) is 24.0 Å². The van der Waals surface area contributed by atoms with Crippen LogP contribution < -0.4 is 14.8 Å². The first-order valence-electron chi connectivity index (χ1n) is 14.7. The number of aliphatic hydroxyl groups is 1. The normalized spacial score (nSPS) is 30.8. The SMILES string of the molecule is COc1ccc2c3c1O[C@H]1C(OC(=O)[C@H](C)OC(=O)CCNC(=O)C4CCCN4C(=O)O)=CC[C@@]4(O)[C@@H](C2)N(C)CC[C@]314. The number of carbonyl (C=O) groups excluding carboxylic acids is 3. The maximum absolute atomic E-state index is 13.1. The Hall–Kier alpha value is -3.84. The van der Waals surface area contributed by atoms with Crippen molar-refractivity contribution < 1.29 is 48.3 Å². The van der Waals surface area contributed by atoms with Crippen molar-refractivity contribution in [1.29, 1.82) is 0 Å². The van der Waals surface area contributed by atoms with Gasteiger partial charge >= 0.3 is 18.0 Å². The summed E-state index contributed by atoms with van der Waals surface area (Å²) in [5.74, 6) is -0.618. The Balaban J connectivity index is 1.11. The van der Waals surface area contributed by atoms with E-state index in [2.05, 4.69) is 10.2 Å². The fourth-order valence-electron chi connectivity index (χ4n) is 7.76. The fourth-order valence-corrected chi connectivity index (χ4v) is 7.76. The van der Waals surface area contributed by atoms with Crippen molar-refractivity contribution in [3.8, 4) is 11.5 Å². The lowest BCUT2D eigenvalue weighted by Gasteiger charge is -2.61. The molecule has 0 radical (unpaired) electrons. The zero-order valence-corrected chi connectivity index (χ0v) is 24.5. The number of likely N-dealkylation sites (tertiary alicyclic amines) is 2. The molecule has 1 aromatic rings. The molecule has 2 amide bonds. The van der Waals surface area contributed by atoms with Gasteiger partial charge in [0, 0.05) is 31.1 Å². The van der Waals surface area contributed by atoms with E-state index in [9.17, 15) is 29.4 Å². The van der Waals surface area contributed by atoms with Crippen molar-refractivity contribution in [2.75, 3.05) is 33.8 Å². The van der Waals surface area contributed by atoms with Crippen molar-refractivity contribution in [3.05, 3.63) is 35.1 Å². The second kappa shape index (κ2) is 10.7. The van der Waals surface area contributed by atoms with Gasteiger partial charge in [-0.25, -0.2) is 9.59 Å². The highest BCUT2D eigenvalue weighted by Gasteiger charge is 2.72. The Morgan fingerprint density at radius 1 is 1.23 bits per heavy atom. The van der Waals surface area contributed by atoms with Crippen molar-refractivity contribution in [3.63, 3.8) is 0 Å². The van der Waals surface area contributed by atoms with Gasteiger partial charge in [0.1, 0.15) is 11.8 Å². The Kier molecular flexibility index (Phi) is 7.28. The van der Waals surface area contributed by atoms with Gasteiger partial charge in [0.05, 0.1) is 24.5 Å². The molecule has 3 heterocycles. The second-order valence-electron chi connectivity index (χ2n) is 12.0. The minimum Gasteiger partial charge on any atom is -0.493 e. The van der Waals surface area contributed by atoms with Gasteiger partial charge in [-0.15, -0.1) is 0 Å². The minimum atomic E-state index is -1.25. The van der Waals surface area contributed by atoms with E-state index in [1.54, 1.807) is 13.2 Å². The number of nitrogens with one attached hydrogen (secondary N) is 1. The highest BCUT2D eigenvalue weighted by molar-refractivity contribution is 5.86. The van der Waals surface area contributed by atoms with Crippen LogP contribution in [0.5, 0.6) is 11.5 Å². The zero-order chi connectivity index (χ0) is 30.7. The Bertz CT molecular complexity index is 1400. The Labute approximate surface area is 248 Å². The van der Waals surface area contributed by atoms with Crippen LogP contribution in [0.4, 0.5) is 4.79 Å². The molecule has 13 heteroatoms. The van der Waals surface area contributed by atoms with Crippen LogP contribution in [-0.4, -0.2) is 108 Å². The van der Waals surface area contributed by atoms with E-state index in [0.717, 1.165) is 22.6 Å². The fraction of sp³-hybridized carbons (Fsp3) is 0.600. The van der Waals surface area contributed by atoms with Crippen molar-refractivity contribution in [2.24, 2.45) is 0 Å². The van der Waals surface area contributed by atoms with Crippen LogP contribution in [-0.2, 0) is 35.7 Å². The molecule has 43 heavy (non-hydrogen) atoms. The summed E-state index contributed by atoms with van der Waals surface area (Å²) in [6, 6.07) is 2.94. The molecule has 2 saturated heterocycles. The van der Waals surface area contributed by atoms with Gasteiger partial charge < -0.3 is 39.4 Å². The molecule has 1 unspecified atom stereocenters. The van der Waals surface area contributed by atoms with E-state index in [-0.39, 0.29) is 37.7 Å². The number of hydrogen-bond acceptors (Lipinski definition) is 10. The standard InChI is InChI=1S/C30H37N3O10/c1-16(41-22(34)9-12-31-26(35)18-5-4-13-33(18)28(37)38)27(36)42-20-8-10-30(39)21-15-17-6-7-19(40-3)24-23(17)29(30,25(20)43-24)11-14-32(21)2/h6-8,16,18,21,25,39H,4-5,9-15H2,1-3H3,(H,31,35)(H,37,38)/t16-,18?,21+,25-,29-,30+/m0/s1.